The standard InChI is InChI=1S/C13H13N5/c1-9-5-6-12-15-16-13(18(12)17-9)11-4-2-3-10(7-11)8-14/h2-7H,8,14H2,1H3. The number of rotatable bonds is 2. The Bertz CT molecular complexity index is 701. The Balaban J connectivity index is 2.21. The minimum Gasteiger partial charge on any atom is -0.326 e. The van der Waals surface area contributed by atoms with Gasteiger partial charge in [0.15, 0.2) is 11.5 Å². The third-order valence-corrected chi connectivity index (χ3v) is 2.82. The van der Waals surface area contributed by atoms with Crippen molar-refractivity contribution in [3.8, 4) is 11.4 Å². The molecule has 5 heteroatoms. The molecule has 0 saturated carbocycles. The van der Waals surface area contributed by atoms with Crippen molar-refractivity contribution >= 4 is 5.65 Å². The molecular weight excluding hydrogens is 226 g/mol. The smallest absolute Gasteiger partial charge is 0.185 e. The Kier molecular flexibility index (Phi) is 2.53. The Morgan fingerprint density at radius 2 is 2.06 bits per heavy atom. The Morgan fingerprint density at radius 3 is 2.89 bits per heavy atom. The molecule has 0 spiro atoms. The molecule has 0 fully saturated rings. The summed E-state index contributed by atoms with van der Waals surface area (Å²) in [4.78, 5) is 0. The number of aromatic nitrogens is 4. The SMILES string of the molecule is Cc1ccc2nnc(-c3cccc(CN)c3)n2n1. The first kappa shape index (κ1) is 10.9. The molecule has 1 aromatic carbocycles. The molecule has 2 aromatic heterocycles. The van der Waals surface area contributed by atoms with Crippen molar-refractivity contribution in [1.29, 1.82) is 0 Å². The molecule has 3 aromatic rings. The van der Waals surface area contributed by atoms with Crippen LogP contribution in [0.5, 0.6) is 0 Å². The highest BCUT2D eigenvalue weighted by molar-refractivity contribution is 5.59. The predicted octanol–water partition coefficient (Wildman–Crippen LogP) is 1.56. The lowest BCUT2D eigenvalue weighted by Gasteiger charge is -2.02. The molecule has 3 rings (SSSR count). The molecule has 0 unspecified atom stereocenters. The van der Waals surface area contributed by atoms with Crippen molar-refractivity contribution in [1.82, 2.24) is 19.8 Å². The van der Waals surface area contributed by atoms with E-state index in [2.05, 4.69) is 15.3 Å². The van der Waals surface area contributed by atoms with E-state index in [1.807, 2.05) is 43.3 Å². The minimum atomic E-state index is 0.511. The first-order chi connectivity index (χ1) is 8.78. The van der Waals surface area contributed by atoms with E-state index in [1.165, 1.54) is 0 Å². The van der Waals surface area contributed by atoms with Crippen LogP contribution in [0.25, 0.3) is 17.0 Å². The largest absolute Gasteiger partial charge is 0.326 e. The number of hydrogen-bond acceptors (Lipinski definition) is 4. The van der Waals surface area contributed by atoms with Gasteiger partial charge in [-0.3, -0.25) is 0 Å². The molecule has 0 aliphatic heterocycles. The number of nitrogens with two attached hydrogens (primary N) is 1. The van der Waals surface area contributed by atoms with Crippen molar-refractivity contribution < 1.29 is 0 Å². The van der Waals surface area contributed by atoms with Crippen LogP contribution < -0.4 is 5.73 Å². The summed E-state index contributed by atoms with van der Waals surface area (Å²) in [6.45, 7) is 2.45. The van der Waals surface area contributed by atoms with Gasteiger partial charge in [-0.1, -0.05) is 18.2 Å². The monoisotopic (exact) mass is 239 g/mol. The summed E-state index contributed by atoms with van der Waals surface area (Å²) in [5.74, 6) is 0.740. The van der Waals surface area contributed by atoms with Gasteiger partial charge in [0.1, 0.15) is 0 Å². The third-order valence-electron chi connectivity index (χ3n) is 2.82. The third kappa shape index (κ3) is 1.74. The zero-order valence-electron chi connectivity index (χ0n) is 10.0. The maximum absolute atomic E-state index is 5.65. The Labute approximate surface area is 104 Å². The number of benzene rings is 1. The van der Waals surface area contributed by atoms with Gasteiger partial charge in [-0.25, -0.2) is 0 Å². The minimum absolute atomic E-state index is 0.511. The average Bonchev–Trinajstić information content (AvgIpc) is 2.81. The molecular formula is C13H13N5. The van der Waals surface area contributed by atoms with E-state index in [1.54, 1.807) is 4.52 Å². The van der Waals surface area contributed by atoms with Crippen LogP contribution >= 0.6 is 0 Å². The van der Waals surface area contributed by atoms with Crippen LogP contribution in [0.4, 0.5) is 0 Å². The van der Waals surface area contributed by atoms with Gasteiger partial charge >= 0.3 is 0 Å². The second-order valence-electron chi connectivity index (χ2n) is 4.17. The lowest BCUT2D eigenvalue weighted by molar-refractivity contribution is 0.901. The van der Waals surface area contributed by atoms with Gasteiger partial charge in [0.05, 0.1) is 5.69 Å². The lowest BCUT2D eigenvalue weighted by atomic mass is 10.1. The van der Waals surface area contributed by atoms with Gasteiger partial charge in [0.2, 0.25) is 0 Å². The summed E-state index contributed by atoms with van der Waals surface area (Å²) < 4.78 is 1.75. The van der Waals surface area contributed by atoms with E-state index in [0.29, 0.717) is 6.54 Å². The van der Waals surface area contributed by atoms with E-state index >= 15 is 0 Å². The maximum Gasteiger partial charge on any atom is 0.185 e. The predicted molar refractivity (Wildman–Crippen MR) is 68.8 cm³/mol. The molecule has 0 atom stereocenters. The molecule has 0 amide bonds. The molecule has 2 heterocycles. The molecule has 0 bridgehead atoms. The first-order valence-electron chi connectivity index (χ1n) is 5.76. The molecule has 0 saturated heterocycles. The number of hydrogen-bond donors (Lipinski definition) is 1. The average molecular weight is 239 g/mol. The van der Waals surface area contributed by atoms with Gasteiger partial charge < -0.3 is 5.73 Å². The van der Waals surface area contributed by atoms with E-state index in [0.717, 1.165) is 28.3 Å². The van der Waals surface area contributed by atoms with Gasteiger partial charge in [-0.15, -0.1) is 10.2 Å². The van der Waals surface area contributed by atoms with Crippen LogP contribution in [-0.4, -0.2) is 19.8 Å². The zero-order chi connectivity index (χ0) is 12.5. The quantitative estimate of drug-likeness (QED) is 0.736. The highest BCUT2D eigenvalue weighted by atomic mass is 15.4. The van der Waals surface area contributed by atoms with Crippen LogP contribution in [0.1, 0.15) is 11.3 Å². The summed E-state index contributed by atoms with van der Waals surface area (Å²) in [5, 5.41) is 12.7. The lowest BCUT2D eigenvalue weighted by Crippen LogP contribution is -1.99. The highest BCUT2D eigenvalue weighted by Gasteiger charge is 2.09. The fourth-order valence-corrected chi connectivity index (χ4v) is 1.90. The van der Waals surface area contributed by atoms with Crippen LogP contribution in [0.2, 0.25) is 0 Å². The van der Waals surface area contributed by atoms with Crippen molar-refractivity contribution in [2.75, 3.05) is 0 Å². The van der Waals surface area contributed by atoms with Crippen molar-refractivity contribution in [3.05, 3.63) is 47.7 Å². The molecule has 18 heavy (non-hydrogen) atoms. The molecule has 0 aliphatic carbocycles. The highest BCUT2D eigenvalue weighted by Crippen LogP contribution is 2.18. The first-order valence-corrected chi connectivity index (χ1v) is 5.76. The topological polar surface area (TPSA) is 69.1 Å². The van der Waals surface area contributed by atoms with Gasteiger partial charge in [-0.2, -0.15) is 9.61 Å². The van der Waals surface area contributed by atoms with Gasteiger partial charge in [0.25, 0.3) is 0 Å². The van der Waals surface area contributed by atoms with Crippen LogP contribution in [0.3, 0.4) is 0 Å². The molecule has 0 aliphatic rings. The molecule has 90 valence electrons. The summed E-state index contributed by atoms with van der Waals surface area (Å²) in [6, 6.07) is 11.8. The van der Waals surface area contributed by atoms with E-state index in [4.69, 9.17) is 5.73 Å². The molecule has 0 radical (unpaired) electrons. The second-order valence-corrected chi connectivity index (χ2v) is 4.17. The number of fused-ring (bicyclic) bond motifs is 1. The second kappa shape index (κ2) is 4.19. The fraction of sp³-hybridized carbons (Fsp3) is 0.154. The van der Waals surface area contributed by atoms with Crippen molar-refractivity contribution in [2.24, 2.45) is 5.73 Å². The van der Waals surface area contributed by atoms with Crippen molar-refractivity contribution in [2.45, 2.75) is 13.5 Å². The summed E-state index contributed by atoms with van der Waals surface area (Å²) in [7, 11) is 0. The molecule has 5 nitrogen and oxygen atoms in total. The normalized spacial score (nSPS) is 11.0. The maximum atomic E-state index is 5.65. The summed E-state index contributed by atoms with van der Waals surface area (Å²) >= 11 is 0. The van der Waals surface area contributed by atoms with Crippen molar-refractivity contribution in [3.63, 3.8) is 0 Å². The van der Waals surface area contributed by atoms with Gasteiger partial charge in [0, 0.05) is 12.1 Å². The Morgan fingerprint density at radius 1 is 1.17 bits per heavy atom. The zero-order valence-corrected chi connectivity index (χ0v) is 10.0. The molecule has 2 N–H and O–H groups in total. The number of aryl methyl sites for hydroxylation is 1. The Hall–Kier alpha value is -2.27. The summed E-state index contributed by atoms with van der Waals surface area (Å²) in [6.07, 6.45) is 0. The summed E-state index contributed by atoms with van der Waals surface area (Å²) in [5.41, 5.74) is 9.37. The van der Waals surface area contributed by atoms with Crippen LogP contribution in [0.15, 0.2) is 36.4 Å². The van der Waals surface area contributed by atoms with E-state index < -0.39 is 0 Å². The van der Waals surface area contributed by atoms with Crippen LogP contribution in [-0.2, 0) is 6.54 Å². The number of nitrogens with zero attached hydrogens (tertiary/aromatic N) is 4. The fourth-order valence-electron chi connectivity index (χ4n) is 1.90. The van der Waals surface area contributed by atoms with Crippen LogP contribution in [0, 0.1) is 6.92 Å². The van der Waals surface area contributed by atoms with E-state index in [9.17, 15) is 0 Å². The van der Waals surface area contributed by atoms with Gasteiger partial charge in [-0.05, 0) is 30.7 Å². The van der Waals surface area contributed by atoms with E-state index in [-0.39, 0.29) is 0 Å².